The van der Waals surface area contributed by atoms with Gasteiger partial charge in [0.1, 0.15) is 25.8 Å². The van der Waals surface area contributed by atoms with Gasteiger partial charge in [-0.15, -0.1) is 0 Å². The second-order valence-corrected chi connectivity index (χ2v) is 4.06. The van der Waals surface area contributed by atoms with E-state index in [4.69, 9.17) is 19.7 Å². The molecule has 1 atom stereocenters. The number of carboxylic acid groups (broad SMARTS) is 2. The molecule has 1 rings (SSSR count). The lowest BCUT2D eigenvalue weighted by Crippen LogP contribution is -2.31. The maximum atomic E-state index is 11.5. The van der Waals surface area contributed by atoms with E-state index in [-0.39, 0.29) is 18.3 Å². The van der Waals surface area contributed by atoms with E-state index in [2.05, 4.69) is 0 Å². The highest BCUT2D eigenvalue weighted by Gasteiger charge is 2.24. The number of carboxylic acids is 2. The van der Waals surface area contributed by atoms with Crippen molar-refractivity contribution in [2.45, 2.75) is 13.0 Å². The summed E-state index contributed by atoms with van der Waals surface area (Å²) in [5, 5.41) is 17.3. The molecule has 0 aromatic carbocycles. The SMILES string of the molecule is CC(=CN(CC(=O)O)CC(=O)O)C(=O)OCC1CO1. The van der Waals surface area contributed by atoms with Gasteiger partial charge in [0.2, 0.25) is 0 Å². The van der Waals surface area contributed by atoms with Gasteiger partial charge in [-0.05, 0) is 6.92 Å². The molecule has 1 unspecified atom stereocenters. The van der Waals surface area contributed by atoms with Crippen LogP contribution in [0.5, 0.6) is 0 Å². The van der Waals surface area contributed by atoms with E-state index >= 15 is 0 Å². The van der Waals surface area contributed by atoms with Crippen LogP contribution in [-0.4, -0.2) is 65.4 Å². The number of ether oxygens (including phenoxy) is 2. The van der Waals surface area contributed by atoms with Gasteiger partial charge >= 0.3 is 17.9 Å². The first kappa shape index (κ1) is 15.0. The number of rotatable bonds is 8. The number of carbonyl (C=O) groups excluding carboxylic acids is 1. The maximum absolute atomic E-state index is 11.5. The Labute approximate surface area is 109 Å². The fourth-order valence-electron chi connectivity index (χ4n) is 1.27. The number of carbonyl (C=O) groups is 3. The molecule has 0 aromatic rings. The zero-order valence-corrected chi connectivity index (χ0v) is 10.4. The van der Waals surface area contributed by atoms with Gasteiger partial charge in [0.15, 0.2) is 0 Å². The van der Waals surface area contributed by atoms with Crippen LogP contribution in [0.4, 0.5) is 0 Å². The second kappa shape index (κ2) is 6.74. The molecule has 0 saturated carbocycles. The number of aliphatic carboxylic acids is 2. The van der Waals surface area contributed by atoms with E-state index in [1.807, 2.05) is 0 Å². The van der Waals surface area contributed by atoms with E-state index in [0.29, 0.717) is 6.61 Å². The van der Waals surface area contributed by atoms with Gasteiger partial charge < -0.3 is 24.6 Å². The fraction of sp³-hybridized carbons (Fsp3) is 0.545. The zero-order chi connectivity index (χ0) is 14.4. The Morgan fingerprint density at radius 1 is 1.32 bits per heavy atom. The lowest BCUT2D eigenvalue weighted by Gasteiger charge is -2.16. The number of epoxide rings is 1. The van der Waals surface area contributed by atoms with Crippen molar-refractivity contribution >= 4 is 17.9 Å². The van der Waals surface area contributed by atoms with Gasteiger partial charge in [-0.25, -0.2) is 4.79 Å². The third-order valence-corrected chi connectivity index (χ3v) is 2.18. The third kappa shape index (κ3) is 6.41. The van der Waals surface area contributed by atoms with Crippen LogP contribution >= 0.6 is 0 Å². The van der Waals surface area contributed by atoms with Crippen LogP contribution in [0.1, 0.15) is 6.92 Å². The van der Waals surface area contributed by atoms with Crippen LogP contribution in [0, 0.1) is 0 Å². The summed E-state index contributed by atoms with van der Waals surface area (Å²) in [6.45, 7) is 1.10. The lowest BCUT2D eigenvalue weighted by molar-refractivity contribution is -0.142. The van der Waals surface area contributed by atoms with Crippen molar-refractivity contribution in [3.05, 3.63) is 11.8 Å². The highest BCUT2D eigenvalue weighted by Crippen LogP contribution is 2.10. The molecule has 0 radical (unpaired) electrons. The largest absolute Gasteiger partial charge is 0.480 e. The summed E-state index contributed by atoms with van der Waals surface area (Å²) < 4.78 is 9.75. The Hall–Kier alpha value is -2.09. The Morgan fingerprint density at radius 2 is 1.84 bits per heavy atom. The zero-order valence-electron chi connectivity index (χ0n) is 10.4. The average Bonchev–Trinajstić information content (AvgIpc) is 3.07. The van der Waals surface area contributed by atoms with Crippen LogP contribution in [0.25, 0.3) is 0 Å². The molecule has 106 valence electrons. The summed E-state index contributed by atoms with van der Waals surface area (Å²) in [4.78, 5) is 33.7. The van der Waals surface area contributed by atoms with Crippen molar-refractivity contribution in [2.75, 3.05) is 26.3 Å². The van der Waals surface area contributed by atoms with Crippen LogP contribution in [0.15, 0.2) is 11.8 Å². The van der Waals surface area contributed by atoms with Gasteiger partial charge in [0.25, 0.3) is 0 Å². The number of hydrogen-bond acceptors (Lipinski definition) is 6. The van der Waals surface area contributed by atoms with Crippen molar-refractivity contribution in [3.8, 4) is 0 Å². The molecule has 0 amide bonds. The monoisotopic (exact) mass is 273 g/mol. The summed E-state index contributed by atoms with van der Waals surface area (Å²) in [7, 11) is 0. The Morgan fingerprint density at radius 3 is 2.26 bits per heavy atom. The molecule has 0 aliphatic carbocycles. The summed E-state index contributed by atoms with van der Waals surface area (Å²) in [5.41, 5.74) is 0.128. The summed E-state index contributed by atoms with van der Waals surface area (Å²) in [6, 6.07) is 0. The predicted molar refractivity (Wildman–Crippen MR) is 61.3 cm³/mol. The van der Waals surface area contributed by atoms with Crippen LogP contribution < -0.4 is 0 Å². The first-order chi connectivity index (χ1) is 8.88. The first-order valence-corrected chi connectivity index (χ1v) is 5.53. The molecule has 1 fully saturated rings. The summed E-state index contributed by atoms with van der Waals surface area (Å²) in [6.07, 6.45) is 1.10. The average molecular weight is 273 g/mol. The lowest BCUT2D eigenvalue weighted by atomic mass is 10.3. The maximum Gasteiger partial charge on any atom is 0.335 e. The molecule has 0 aromatic heterocycles. The Bertz CT molecular complexity index is 384. The molecule has 1 aliphatic heterocycles. The van der Waals surface area contributed by atoms with E-state index < -0.39 is 31.0 Å². The molecule has 1 heterocycles. The van der Waals surface area contributed by atoms with Crippen molar-refractivity contribution in [3.63, 3.8) is 0 Å². The van der Waals surface area contributed by atoms with E-state index in [9.17, 15) is 14.4 Å². The minimum atomic E-state index is -1.19. The molecule has 2 N–H and O–H groups in total. The number of nitrogens with zero attached hydrogens (tertiary/aromatic N) is 1. The van der Waals surface area contributed by atoms with Gasteiger partial charge in [-0.1, -0.05) is 0 Å². The Balaban J connectivity index is 2.55. The third-order valence-electron chi connectivity index (χ3n) is 2.18. The van der Waals surface area contributed by atoms with Crippen molar-refractivity contribution in [2.24, 2.45) is 0 Å². The molecule has 19 heavy (non-hydrogen) atoms. The normalized spacial score (nSPS) is 17.7. The molecule has 1 saturated heterocycles. The van der Waals surface area contributed by atoms with E-state index in [0.717, 1.165) is 4.90 Å². The number of hydrogen-bond donors (Lipinski definition) is 2. The molecular weight excluding hydrogens is 258 g/mol. The second-order valence-electron chi connectivity index (χ2n) is 4.06. The minimum absolute atomic E-state index is 0.0640. The van der Waals surface area contributed by atoms with E-state index in [1.165, 1.54) is 13.1 Å². The van der Waals surface area contributed by atoms with E-state index in [1.54, 1.807) is 0 Å². The molecule has 1 aliphatic rings. The Kier molecular flexibility index (Phi) is 5.31. The van der Waals surface area contributed by atoms with Crippen molar-refractivity contribution < 1.29 is 34.1 Å². The standard InChI is InChI=1S/C11H15NO7/c1-7(11(17)19-6-8-5-18-8)2-12(3-9(13)14)4-10(15)16/h2,8H,3-6H2,1H3,(H,13,14)(H,15,16). The van der Waals surface area contributed by atoms with Crippen LogP contribution in [0.3, 0.4) is 0 Å². The predicted octanol–water partition coefficient (Wildman–Crippen LogP) is -0.697. The van der Waals surface area contributed by atoms with Gasteiger partial charge in [0, 0.05) is 11.8 Å². The first-order valence-electron chi connectivity index (χ1n) is 5.53. The highest BCUT2D eigenvalue weighted by molar-refractivity contribution is 5.87. The summed E-state index contributed by atoms with van der Waals surface area (Å²) >= 11 is 0. The topological polar surface area (TPSA) is 117 Å². The van der Waals surface area contributed by atoms with Gasteiger partial charge in [-0.2, -0.15) is 0 Å². The van der Waals surface area contributed by atoms with Gasteiger partial charge in [-0.3, -0.25) is 9.59 Å². The molecule has 8 nitrogen and oxygen atoms in total. The number of esters is 1. The van der Waals surface area contributed by atoms with Crippen molar-refractivity contribution in [1.82, 2.24) is 4.90 Å². The fourth-order valence-corrected chi connectivity index (χ4v) is 1.27. The molecular formula is C11H15NO7. The molecule has 0 bridgehead atoms. The van der Waals surface area contributed by atoms with Crippen molar-refractivity contribution in [1.29, 1.82) is 0 Å². The van der Waals surface area contributed by atoms with Gasteiger partial charge in [0.05, 0.1) is 6.61 Å². The molecule has 8 heteroatoms. The van der Waals surface area contributed by atoms with Crippen LogP contribution in [-0.2, 0) is 23.9 Å². The van der Waals surface area contributed by atoms with Crippen LogP contribution in [0.2, 0.25) is 0 Å². The quantitative estimate of drug-likeness (QED) is 0.339. The summed E-state index contributed by atoms with van der Waals surface area (Å²) in [5.74, 6) is -3.01. The minimum Gasteiger partial charge on any atom is -0.480 e. The highest BCUT2D eigenvalue weighted by atomic mass is 16.6. The smallest absolute Gasteiger partial charge is 0.335 e. The molecule has 0 spiro atoms.